The lowest BCUT2D eigenvalue weighted by Crippen LogP contribution is -2.11. The molecule has 3 rings (SSSR count). The van der Waals surface area contributed by atoms with Crippen molar-refractivity contribution < 1.29 is 9.63 Å². The van der Waals surface area contributed by atoms with E-state index in [1.54, 1.807) is 35.6 Å². The lowest BCUT2D eigenvalue weighted by Gasteiger charge is -2.14. The molecule has 1 aromatic heterocycles. The Kier molecular flexibility index (Phi) is 6.11. The third-order valence-electron chi connectivity index (χ3n) is 3.86. The summed E-state index contributed by atoms with van der Waals surface area (Å²) in [6, 6.07) is 14.4. The summed E-state index contributed by atoms with van der Waals surface area (Å²) in [5, 5.41) is 9.94. The molecule has 5 nitrogen and oxygen atoms in total. The van der Waals surface area contributed by atoms with Gasteiger partial charge in [0.05, 0.1) is 11.9 Å². The Hall–Kier alpha value is -2.70. The molecule has 0 aliphatic rings. The molecule has 0 saturated heterocycles. The van der Waals surface area contributed by atoms with Crippen LogP contribution in [0.4, 0.5) is 10.5 Å². The first kappa shape index (κ1) is 20.0. The van der Waals surface area contributed by atoms with E-state index in [0.29, 0.717) is 10.7 Å². The molecule has 0 fully saturated rings. The third-order valence-corrected chi connectivity index (χ3v) is 5.00. The van der Waals surface area contributed by atoms with Crippen molar-refractivity contribution in [1.82, 2.24) is 4.98 Å². The van der Waals surface area contributed by atoms with Crippen molar-refractivity contribution in [2.75, 3.05) is 5.32 Å². The summed E-state index contributed by atoms with van der Waals surface area (Å²) >= 11 is 7.43. The van der Waals surface area contributed by atoms with Crippen LogP contribution >= 0.6 is 22.9 Å². The normalized spacial score (nSPS) is 11.6. The summed E-state index contributed by atoms with van der Waals surface area (Å²) in [6.45, 7) is 6.44. The van der Waals surface area contributed by atoms with Gasteiger partial charge < -0.3 is 0 Å². The molecule has 0 aliphatic carbocycles. The second kappa shape index (κ2) is 8.54. The van der Waals surface area contributed by atoms with E-state index >= 15 is 0 Å². The smallest absolute Gasteiger partial charge is 0.298 e. The molecule has 1 heterocycles. The molecular weight excluding hydrogens is 394 g/mol. The molecule has 0 bridgehead atoms. The van der Waals surface area contributed by atoms with E-state index in [-0.39, 0.29) is 5.41 Å². The van der Waals surface area contributed by atoms with E-state index in [4.69, 9.17) is 21.4 Å². The lowest BCUT2D eigenvalue weighted by atomic mass is 9.93. The van der Waals surface area contributed by atoms with Gasteiger partial charge >= 0.3 is 6.09 Å². The minimum absolute atomic E-state index is 0.0330. The Morgan fingerprint density at radius 2 is 1.82 bits per heavy atom. The van der Waals surface area contributed by atoms with Gasteiger partial charge in [0.1, 0.15) is 5.01 Å². The first-order valence-electron chi connectivity index (χ1n) is 8.65. The van der Waals surface area contributed by atoms with Gasteiger partial charge in [-0.3, -0.25) is 10.2 Å². The minimum Gasteiger partial charge on any atom is -0.298 e. The summed E-state index contributed by atoms with van der Waals surface area (Å²) in [5.41, 5.74) is 3.55. The molecule has 3 aromatic rings. The van der Waals surface area contributed by atoms with Crippen molar-refractivity contribution in [3.63, 3.8) is 0 Å². The average Bonchev–Trinajstić information content (AvgIpc) is 3.15. The van der Waals surface area contributed by atoms with E-state index in [1.165, 1.54) is 6.21 Å². The number of nitrogens with one attached hydrogen (secondary N) is 1. The molecular formula is C21H20ClN3O2S. The summed E-state index contributed by atoms with van der Waals surface area (Å²) < 4.78 is 0. The van der Waals surface area contributed by atoms with Crippen LogP contribution in [0.2, 0.25) is 5.02 Å². The fraction of sp³-hybridized carbons (Fsp3) is 0.190. The monoisotopic (exact) mass is 413 g/mol. The van der Waals surface area contributed by atoms with Crippen molar-refractivity contribution in [3.8, 4) is 10.6 Å². The Labute approximate surface area is 173 Å². The quantitative estimate of drug-likeness (QED) is 0.308. The van der Waals surface area contributed by atoms with E-state index < -0.39 is 6.09 Å². The molecule has 1 amide bonds. The van der Waals surface area contributed by atoms with Crippen LogP contribution in [0.15, 0.2) is 59.1 Å². The lowest BCUT2D eigenvalue weighted by molar-refractivity contribution is 0.167. The van der Waals surface area contributed by atoms with Gasteiger partial charge in [0.25, 0.3) is 0 Å². The Bertz CT molecular complexity index is 974. The van der Waals surface area contributed by atoms with E-state index in [0.717, 1.165) is 21.8 Å². The van der Waals surface area contributed by atoms with Crippen LogP contribution in [-0.4, -0.2) is 17.3 Å². The van der Waals surface area contributed by atoms with E-state index in [9.17, 15) is 4.79 Å². The Morgan fingerprint density at radius 1 is 1.14 bits per heavy atom. The molecule has 28 heavy (non-hydrogen) atoms. The van der Waals surface area contributed by atoms with Gasteiger partial charge in [-0.2, -0.15) is 0 Å². The number of aromatic nitrogens is 1. The molecule has 7 heteroatoms. The minimum atomic E-state index is -0.673. The second-order valence-corrected chi connectivity index (χ2v) is 8.45. The molecule has 2 aromatic carbocycles. The van der Waals surface area contributed by atoms with Gasteiger partial charge in [0, 0.05) is 27.1 Å². The number of anilines is 1. The van der Waals surface area contributed by atoms with E-state index in [1.807, 2.05) is 24.3 Å². The highest BCUT2D eigenvalue weighted by Crippen LogP contribution is 2.29. The largest absolute Gasteiger partial charge is 0.437 e. The topological polar surface area (TPSA) is 63.6 Å². The van der Waals surface area contributed by atoms with Crippen LogP contribution in [0.25, 0.3) is 10.6 Å². The predicted molar refractivity (Wildman–Crippen MR) is 115 cm³/mol. The Morgan fingerprint density at radius 3 is 2.43 bits per heavy atom. The number of benzene rings is 2. The van der Waals surface area contributed by atoms with Crippen molar-refractivity contribution in [2.45, 2.75) is 26.2 Å². The van der Waals surface area contributed by atoms with Crippen LogP contribution < -0.4 is 5.32 Å². The number of carbonyl (C=O) groups excluding carboxylic acids is 1. The summed E-state index contributed by atoms with van der Waals surface area (Å²) in [5.74, 6) is 0. The first-order chi connectivity index (χ1) is 13.3. The first-order valence-corrected chi connectivity index (χ1v) is 9.90. The molecule has 0 spiro atoms. The average molecular weight is 414 g/mol. The van der Waals surface area contributed by atoms with Gasteiger partial charge in [-0.05, 0) is 29.8 Å². The van der Waals surface area contributed by atoms with Crippen molar-refractivity contribution in [3.05, 3.63) is 70.2 Å². The number of hydrogen-bond acceptors (Lipinski definition) is 5. The number of halogens is 1. The maximum Gasteiger partial charge on any atom is 0.437 e. The maximum atomic E-state index is 11.7. The van der Waals surface area contributed by atoms with Crippen LogP contribution in [0.3, 0.4) is 0 Å². The summed E-state index contributed by atoms with van der Waals surface area (Å²) in [7, 11) is 0. The maximum absolute atomic E-state index is 11.7. The van der Waals surface area contributed by atoms with Gasteiger partial charge in [0.2, 0.25) is 0 Å². The predicted octanol–water partition coefficient (Wildman–Crippen LogP) is 6.34. The number of rotatable bonds is 4. The SMILES string of the molecule is CC(C)(C)c1csc(-c2ccc(/C=N/OC(=O)Nc3ccc(Cl)cc3)cc2)n1. The second-order valence-electron chi connectivity index (χ2n) is 7.16. The fourth-order valence-electron chi connectivity index (χ4n) is 2.27. The number of oxime groups is 1. The van der Waals surface area contributed by atoms with Gasteiger partial charge in [0.15, 0.2) is 0 Å². The van der Waals surface area contributed by atoms with Crippen LogP contribution in [0, 0.1) is 0 Å². The number of hydrogen-bond donors (Lipinski definition) is 1. The highest BCUT2D eigenvalue weighted by molar-refractivity contribution is 7.13. The number of thiazole rings is 1. The molecule has 1 N–H and O–H groups in total. The van der Waals surface area contributed by atoms with Crippen LogP contribution in [-0.2, 0) is 10.3 Å². The van der Waals surface area contributed by atoms with Crippen molar-refractivity contribution in [2.24, 2.45) is 5.16 Å². The van der Waals surface area contributed by atoms with Gasteiger partial charge in [-0.25, -0.2) is 9.78 Å². The zero-order valence-electron chi connectivity index (χ0n) is 15.8. The zero-order chi connectivity index (χ0) is 20.1. The van der Waals surface area contributed by atoms with E-state index in [2.05, 4.69) is 36.6 Å². The van der Waals surface area contributed by atoms with Crippen molar-refractivity contribution in [1.29, 1.82) is 0 Å². The molecule has 144 valence electrons. The zero-order valence-corrected chi connectivity index (χ0v) is 17.3. The molecule has 0 saturated carbocycles. The van der Waals surface area contributed by atoms with Crippen LogP contribution in [0.5, 0.6) is 0 Å². The fourth-order valence-corrected chi connectivity index (χ4v) is 3.45. The van der Waals surface area contributed by atoms with Gasteiger partial charge in [-0.15, -0.1) is 11.3 Å². The molecule has 0 atom stereocenters. The number of carbonyl (C=O) groups is 1. The highest BCUT2D eigenvalue weighted by Gasteiger charge is 2.17. The summed E-state index contributed by atoms with van der Waals surface area (Å²) in [4.78, 5) is 21.2. The number of amides is 1. The highest BCUT2D eigenvalue weighted by atomic mass is 35.5. The number of nitrogens with zero attached hydrogens (tertiary/aromatic N) is 2. The standard InChI is InChI=1S/C21H20ClN3O2S/c1-21(2,3)18-13-28-19(25-18)15-6-4-14(5-7-15)12-23-27-20(26)24-17-10-8-16(22)9-11-17/h4-13H,1-3H3,(H,24,26)/b23-12+. The molecule has 0 unspecified atom stereocenters. The molecule has 0 aliphatic heterocycles. The third kappa shape index (κ3) is 5.41. The van der Waals surface area contributed by atoms with Crippen LogP contribution in [0.1, 0.15) is 32.0 Å². The summed E-state index contributed by atoms with van der Waals surface area (Å²) in [6.07, 6.45) is 0.806. The molecule has 0 radical (unpaired) electrons. The Balaban J connectivity index is 1.57. The van der Waals surface area contributed by atoms with Gasteiger partial charge in [-0.1, -0.05) is 61.8 Å². The van der Waals surface area contributed by atoms with Crippen molar-refractivity contribution >= 4 is 40.9 Å².